The topological polar surface area (TPSA) is 157 Å². The smallest absolute Gasteiger partial charge is 0.270 e. The van der Waals surface area contributed by atoms with Crippen molar-refractivity contribution in [3.8, 4) is 5.75 Å². The predicted octanol–water partition coefficient (Wildman–Crippen LogP) is 3.16. The second-order valence-corrected chi connectivity index (χ2v) is 8.81. The number of rotatable bonds is 10. The quantitative estimate of drug-likeness (QED) is 0.286. The van der Waals surface area contributed by atoms with Gasteiger partial charge in [0.15, 0.2) is 0 Å². The molecule has 2 amide bonds. The lowest BCUT2D eigenvalue weighted by atomic mass is 10.2. The fourth-order valence-electron chi connectivity index (χ4n) is 2.94. The SMILES string of the molecule is CCOc1ccc(NC(=O)CNC(=O)c2ccc(NS(=O)(=O)c3cccc([N+](=O)[O-])c3)cc2)cc1. The van der Waals surface area contributed by atoms with Gasteiger partial charge in [-0.1, -0.05) is 6.07 Å². The van der Waals surface area contributed by atoms with Gasteiger partial charge in [-0.2, -0.15) is 0 Å². The van der Waals surface area contributed by atoms with Gasteiger partial charge in [-0.25, -0.2) is 8.42 Å². The standard InChI is InChI=1S/C23H22N4O7S/c1-2-34-20-12-10-17(11-13-20)25-22(28)15-24-23(29)16-6-8-18(9-7-16)26-35(32,33)21-5-3-4-19(14-21)27(30)31/h3-14,26H,2,15H2,1H3,(H,24,29)(H,25,28). The first kappa shape index (κ1) is 25.2. The molecule has 0 unspecified atom stereocenters. The Balaban J connectivity index is 1.55. The Bertz CT molecular complexity index is 1320. The summed E-state index contributed by atoms with van der Waals surface area (Å²) in [6.07, 6.45) is 0. The lowest BCUT2D eigenvalue weighted by Crippen LogP contribution is -2.32. The molecule has 3 rings (SSSR count). The highest BCUT2D eigenvalue weighted by Gasteiger charge is 2.18. The molecular formula is C23H22N4O7S. The van der Waals surface area contributed by atoms with Gasteiger partial charge in [-0.15, -0.1) is 0 Å². The minimum absolute atomic E-state index is 0.154. The van der Waals surface area contributed by atoms with Gasteiger partial charge in [0.1, 0.15) is 5.75 Å². The number of hydrogen-bond acceptors (Lipinski definition) is 7. The van der Waals surface area contributed by atoms with E-state index in [9.17, 15) is 28.1 Å². The van der Waals surface area contributed by atoms with Crippen molar-refractivity contribution in [2.45, 2.75) is 11.8 Å². The average Bonchev–Trinajstić information content (AvgIpc) is 2.84. The highest BCUT2D eigenvalue weighted by atomic mass is 32.2. The molecule has 0 aromatic heterocycles. The molecule has 3 aromatic carbocycles. The summed E-state index contributed by atoms with van der Waals surface area (Å²) >= 11 is 0. The molecule has 0 aliphatic rings. The van der Waals surface area contributed by atoms with Crippen LogP contribution in [-0.2, 0) is 14.8 Å². The Morgan fingerprint density at radius 3 is 2.26 bits per heavy atom. The Morgan fingerprint density at radius 2 is 1.63 bits per heavy atom. The van der Waals surface area contributed by atoms with Gasteiger partial charge in [0.2, 0.25) is 5.91 Å². The summed E-state index contributed by atoms with van der Waals surface area (Å²) in [7, 11) is -4.08. The number of nitro benzene ring substituents is 1. The van der Waals surface area contributed by atoms with E-state index in [0.717, 1.165) is 6.07 Å². The number of carbonyl (C=O) groups is 2. The molecular weight excluding hydrogens is 476 g/mol. The normalized spacial score (nSPS) is 10.8. The molecule has 3 N–H and O–H groups in total. The minimum atomic E-state index is -4.08. The van der Waals surface area contributed by atoms with E-state index in [-0.39, 0.29) is 28.4 Å². The number of benzene rings is 3. The van der Waals surface area contributed by atoms with Crippen LogP contribution in [0.15, 0.2) is 77.7 Å². The van der Waals surface area contributed by atoms with Crippen LogP contribution >= 0.6 is 0 Å². The van der Waals surface area contributed by atoms with E-state index in [1.165, 1.54) is 42.5 Å². The van der Waals surface area contributed by atoms with Crippen LogP contribution in [-0.4, -0.2) is 38.3 Å². The summed E-state index contributed by atoms with van der Waals surface area (Å²) in [4.78, 5) is 34.3. The summed E-state index contributed by atoms with van der Waals surface area (Å²) in [5.74, 6) is -0.279. The lowest BCUT2D eigenvalue weighted by molar-refractivity contribution is -0.385. The Morgan fingerprint density at radius 1 is 0.971 bits per heavy atom. The van der Waals surface area contributed by atoms with E-state index in [1.807, 2.05) is 6.92 Å². The van der Waals surface area contributed by atoms with Crippen LogP contribution in [0.25, 0.3) is 0 Å². The fraction of sp³-hybridized carbons (Fsp3) is 0.130. The zero-order valence-electron chi connectivity index (χ0n) is 18.6. The van der Waals surface area contributed by atoms with Crippen LogP contribution in [0.5, 0.6) is 5.75 Å². The van der Waals surface area contributed by atoms with Crippen molar-refractivity contribution in [1.29, 1.82) is 0 Å². The highest BCUT2D eigenvalue weighted by Crippen LogP contribution is 2.21. The third kappa shape index (κ3) is 7.01. The summed E-state index contributed by atoms with van der Waals surface area (Å²) < 4.78 is 32.7. The lowest BCUT2D eigenvalue weighted by Gasteiger charge is -2.10. The molecule has 11 nitrogen and oxygen atoms in total. The first-order valence-corrected chi connectivity index (χ1v) is 11.8. The molecule has 0 aliphatic heterocycles. The second kappa shape index (κ2) is 11.1. The van der Waals surface area contributed by atoms with Crippen molar-refractivity contribution in [3.05, 3.63) is 88.5 Å². The molecule has 0 saturated heterocycles. The third-order valence-corrected chi connectivity index (χ3v) is 5.98. The van der Waals surface area contributed by atoms with E-state index < -0.39 is 26.8 Å². The number of amides is 2. The molecule has 3 aromatic rings. The number of nitrogens with one attached hydrogen (secondary N) is 3. The van der Waals surface area contributed by atoms with Crippen molar-refractivity contribution < 1.29 is 27.7 Å². The monoisotopic (exact) mass is 498 g/mol. The zero-order valence-corrected chi connectivity index (χ0v) is 19.4. The molecule has 0 atom stereocenters. The Kier molecular flexibility index (Phi) is 8.00. The van der Waals surface area contributed by atoms with Gasteiger partial charge < -0.3 is 15.4 Å². The van der Waals surface area contributed by atoms with Gasteiger partial charge in [-0.05, 0) is 61.5 Å². The van der Waals surface area contributed by atoms with Crippen LogP contribution < -0.4 is 20.1 Å². The van der Waals surface area contributed by atoms with E-state index in [2.05, 4.69) is 15.4 Å². The number of nitrogens with zero attached hydrogens (tertiary/aromatic N) is 1. The van der Waals surface area contributed by atoms with Crippen molar-refractivity contribution in [1.82, 2.24) is 5.32 Å². The molecule has 0 heterocycles. The average molecular weight is 499 g/mol. The number of carbonyl (C=O) groups excluding carboxylic acids is 2. The van der Waals surface area contributed by atoms with Crippen LogP contribution in [0.4, 0.5) is 17.1 Å². The number of non-ortho nitro benzene ring substituents is 1. The van der Waals surface area contributed by atoms with Gasteiger partial charge in [-0.3, -0.25) is 24.4 Å². The van der Waals surface area contributed by atoms with Gasteiger partial charge in [0, 0.05) is 29.1 Å². The summed E-state index contributed by atoms with van der Waals surface area (Å²) in [5, 5.41) is 16.0. The van der Waals surface area contributed by atoms with Crippen molar-refractivity contribution in [2.24, 2.45) is 0 Å². The molecule has 0 aliphatic carbocycles. The van der Waals surface area contributed by atoms with Crippen molar-refractivity contribution in [2.75, 3.05) is 23.2 Å². The van der Waals surface area contributed by atoms with E-state index in [4.69, 9.17) is 4.74 Å². The number of anilines is 2. The Hall–Kier alpha value is -4.45. The van der Waals surface area contributed by atoms with Gasteiger partial charge in [0.25, 0.3) is 21.6 Å². The largest absolute Gasteiger partial charge is 0.494 e. The molecule has 12 heteroatoms. The third-order valence-electron chi connectivity index (χ3n) is 4.60. The van der Waals surface area contributed by atoms with Crippen molar-refractivity contribution in [3.63, 3.8) is 0 Å². The second-order valence-electron chi connectivity index (χ2n) is 7.13. The number of sulfonamides is 1. The van der Waals surface area contributed by atoms with Gasteiger partial charge >= 0.3 is 0 Å². The van der Waals surface area contributed by atoms with E-state index >= 15 is 0 Å². The maximum absolute atomic E-state index is 12.5. The maximum Gasteiger partial charge on any atom is 0.270 e. The van der Waals surface area contributed by atoms with E-state index in [1.54, 1.807) is 24.3 Å². The molecule has 182 valence electrons. The van der Waals surface area contributed by atoms with Crippen LogP contribution in [0.1, 0.15) is 17.3 Å². The summed E-state index contributed by atoms with van der Waals surface area (Å²) in [6.45, 7) is 2.13. The molecule has 0 saturated carbocycles. The van der Waals surface area contributed by atoms with Crippen LogP contribution in [0, 0.1) is 10.1 Å². The number of nitro groups is 1. The number of hydrogen-bond donors (Lipinski definition) is 3. The minimum Gasteiger partial charge on any atom is -0.494 e. The van der Waals surface area contributed by atoms with Crippen molar-refractivity contribution >= 4 is 38.9 Å². The van der Waals surface area contributed by atoms with Crippen LogP contribution in [0.2, 0.25) is 0 Å². The number of ether oxygens (including phenoxy) is 1. The first-order chi connectivity index (χ1) is 16.7. The zero-order chi connectivity index (χ0) is 25.4. The summed E-state index contributed by atoms with van der Waals surface area (Å²) in [6, 6.07) is 16.9. The molecule has 0 bridgehead atoms. The summed E-state index contributed by atoms with van der Waals surface area (Å²) in [5.41, 5.74) is 0.554. The first-order valence-electron chi connectivity index (χ1n) is 10.4. The van der Waals surface area contributed by atoms with E-state index in [0.29, 0.717) is 18.0 Å². The highest BCUT2D eigenvalue weighted by molar-refractivity contribution is 7.92. The maximum atomic E-state index is 12.5. The van der Waals surface area contributed by atoms with Gasteiger partial charge in [0.05, 0.1) is 23.0 Å². The molecule has 0 spiro atoms. The predicted molar refractivity (Wildman–Crippen MR) is 129 cm³/mol. The molecule has 35 heavy (non-hydrogen) atoms. The fourth-order valence-corrected chi connectivity index (χ4v) is 4.03. The Labute approximate surface area is 201 Å². The molecule has 0 radical (unpaired) electrons. The van der Waals surface area contributed by atoms with Crippen LogP contribution in [0.3, 0.4) is 0 Å². The molecule has 0 fully saturated rings.